The minimum atomic E-state index is -3.22. The van der Waals surface area contributed by atoms with Crippen LogP contribution in [0.3, 0.4) is 0 Å². The van der Waals surface area contributed by atoms with E-state index in [4.69, 9.17) is 10.5 Å². The summed E-state index contributed by atoms with van der Waals surface area (Å²) in [6, 6.07) is 8.16. The van der Waals surface area contributed by atoms with Crippen LogP contribution in [-0.4, -0.2) is 76.2 Å². The molecule has 3 saturated heterocycles. The van der Waals surface area contributed by atoms with Gasteiger partial charge in [-0.15, -0.1) is 0 Å². The van der Waals surface area contributed by atoms with Gasteiger partial charge in [-0.25, -0.2) is 13.2 Å². The summed E-state index contributed by atoms with van der Waals surface area (Å²) in [7, 11) is -3.22. The van der Waals surface area contributed by atoms with Crippen LogP contribution in [0.1, 0.15) is 27.2 Å². The third-order valence-corrected chi connectivity index (χ3v) is 7.99. The predicted octanol–water partition coefficient (Wildman–Crippen LogP) is 1.71. The van der Waals surface area contributed by atoms with Crippen molar-refractivity contribution in [2.45, 2.75) is 33.2 Å². The van der Waals surface area contributed by atoms with Crippen molar-refractivity contribution in [3.05, 3.63) is 24.3 Å². The summed E-state index contributed by atoms with van der Waals surface area (Å²) in [5, 5.41) is 2.80. The van der Waals surface area contributed by atoms with Crippen molar-refractivity contribution in [2.24, 2.45) is 17.1 Å². The number of sulfone groups is 1. The number of nitrogens with zero attached hydrogens (tertiary/aromatic N) is 2. The van der Waals surface area contributed by atoms with Crippen LogP contribution in [-0.2, 0) is 9.84 Å². The molecule has 2 atom stereocenters. The number of rotatable bonds is 8. The molecule has 1 aromatic rings. The lowest BCUT2D eigenvalue weighted by Crippen LogP contribution is -2.54. The van der Waals surface area contributed by atoms with E-state index >= 15 is 0 Å². The molecule has 0 saturated carbocycles. The number of nitrogens with two attached hydrogens (primary N) is 1. The number of benzene rings is 1. The summed E-state index contributed by atoms with van der Waals surface area (Å²) in [6.07, 6.45) is 1.06. The van der Waals surface area contributed by atoms with Gasteiger partial charge in [-0.05, 0) is 48.9 Å². The largest absolute Gasteiger partial charge is 0.494 e. The van der Waals surface area contributed by atoms with Crippen LogP contribution < -0.4 is 20.7 Å². The first-order valence-corrected chi connectivity index (χ1v) is 12.9. The minimum absolute atomic E-state index is 0.0536. The summed E-state index contributed by atoms with van der Waals surface area (Å²) >= 11 is 0. The van der Waals surface area contributed by atoms with E-state index in [1.54, 1.807) is 0 Å². The highest BCUT2D eigenvalue weighted by molar-refractivity contribution is 7.91. The second kappa shape index (κ2) is 9.65. The fourth-order valence-corrected chi connectivity index (χ4v) is 5.87. The lowest BCUT2D eigenvalue weighted by Gasteiger charge is -2.48. The van der Waals surface area contributed by atoms with Crippen molar-refractivity contribution in [3.63, 3.8) is 0 Å². The zero-order valence-electron chi connectivity index (χ0n) is 18.8. The smallest absolute Gasteiger partial charge is 0.317 e. The van der Waals surface area contributed by atoms with E-state index in [9.17, 15) is 13.2 Å². The molecule has 2 unspecified atom stereocenters. The fraction of sp³-hybridized carbons (Fsp3) is 0.682. The number of carbonyl (C=O) groups is 1. The van der Waals surface area contributed by atoms with Crippen LogP contribution >= 0.6 is 0 Å². The third-order valence-electron chi connectivity index (χ3n) is 6.30. The normalized spacial score (nSPS) is 22.8. The Morgan fingerprint density at radius 2 is 1.90 bits per heavy atom. The summed E-state index contributed by atoms with van der Waals surface area (Å²) in [5.74, 6) is 1.07. The molecule has 0 spiro atoms. The average Bonchev–Trinajstić information content (AvgIpc) is 2.96. The van der Waals surface area contributed by atoms with E-state index in [0.29, 0.717) is 25.6 Å². The minimum Gasteiger partial charge on any atom is -0.494 e. The van der Waals surface area contributed by atoms with Crippen LogP contribution in [0.5, 0.6) is 5.75 Å². The fourth-order valence-electron chi connectivity index (χ4n) is 4.89. The molecule has 2 bridgehead atoms. The molecular formula is C22H36N4O4S. The topological polar surface area (TPSA) is 105 Å². The van der Waals surface area contributed by atoms with Crippen molar-refractivity contribution in [2.75, 3.05) is 55.7 Å². The maximum Gasteiger partial charge on any atom is 0.317 e. The highest BCUT2D eigenvalue weighted by atomic mass is 32.2. The summed E-state index contributed by atoms with van der Waals surface area (Å²) in [4.78, 5) is 17.1. The Morgan fingerprint density at radius 1 is 1.19 bits per heavy atom. The average molecular weight is 453 g/mol. The number of hydrogen-bond donors (Lipinski definition) is 2. The van der Waals surface area contributed by atoms with E-state index in [0.717, 1.165) is 24.4 Å². The second-order valence-electron chi connectivity index (χ2n) is 9.23. The summed E-state index contributed by atoms with van der Waals surface area (Å²) in [5.41, 5.74) is 6.54. The van der Waals surface area contributed by atoms with Gasteiger partial charge < -0.3 is 25.6 Å². The molecule has 31 heavy (non-hydrogen) atoms. The molecule has 0 aromatic heterocycles. The molecule has 3 aliphatic heterocycles. The standard InChI is InChI=1S/C22H36N4O4S/c1-4-30-19-7-5-18(6-8-19)26-15-17-13-22(2,3)20(26)16-25(14-17)21(27)24-10-12-31(28,29)11-9-23/h5-8,17,20H,4,9-16,23H2,1-3H3,(H,24,27). The van der Waals surface area contributed by atoms with Gasteiger partial charge in [0, 0.05) is 38.4 Å². The molecule has 2 amide bonds. The highest BCUT2D eigenvalue weighted by Crippen LogP contribution is 2.43. The molecule has 174 valence electrons. The van der Waals surface area contributed by atoms with Gasteiger partial charge in [0.2, 0.25) is 0 Å². The molecule has 0 radical (unpaired) electrons. The quantitative estimate of drug-likeness (QED) is 0.622. The number of hydrogen-bond acceptors (Lipinski definition) is 6. The number of nitrogens with one attached hydrogen (secondary N) is 1. The molecule has 1 aromatic carbocycles. The van der Waals surface area contributed by atoms with Gasteiger partial charge in [-0.1, -0.05) is 13.8 Å². The molecule has 8 nitrogen and oxygen atoms in total. The summed E-state index contributed by atoms with van der Waals surface area (Å²) in [6.45, 7) is 9.54. The molecule has 0 aliphatic carbocycles. The Hall–Kier alpha value is -2.00. The van der Waals surface area contributed by atoms with Gasteiger partial charge in [0.15, 0.2) is 9.84 Å². The number of urea groups is 1. The summed E-state index contributed by atoms with van der Waals surface area (Å²) < 4.78 is 29.3. The molecule has 3 heterocycles. The second-order valence-corrected chi connectivity index (χ2v) is 11.5. The zero-order chi connectivity index (χ0) is 22.6. The van der Waals surface area contributed by atoms with Gasteiger partial charge in [0.1, 0.15) is 5.75 Å². The molecule has 4 rings (SSSR count). The van der Waals surface area contributed by atoms with Crippen LogP contribution in [0, 0.1) is 11.3 Å². The van der Waals surface area contributed by atoms with Gasteiger partial charge in [0.05, 0.1) is 24.2 Å². The lowest BCUT2D eigenvalue weighted by molar-refractivity contribution is 0.187. The van der Waals surface area contributed by atoms with Crippen molar-refractivity contribution < 1.29 is 17.9 Å². The number of fused-ring (bicyclic) bond motifs is 4. The Morgan fingerprint density at radius 3 is 2.55 bits per heavy atom. The van der Waals surface area contributed by atoms with E-state index in [1.165, 1.54) is 0 Å². The number of amides is 2. The van der Waals surface area contributed by atoms with Crippen molar-refractivity contribution in [1.29, 1.82) is 0 Å². The van der Waals surface area contributed by atoms with Crippen LogP contribution in [0.15, 0.2) is 24.3 Å². The zero-order valence-corrected chi connectivity index (χ0v) is 19.7. The Balaban J connectivity index is 1.69. The van der Waals surface area contributed by atoms with Crippen molar-refractivity contribution in [3.8, 4) is 5.75 Å². The number of ether oxygens (including phenoxy) is 1. The van der Waals surface area contributed by atoms with E-state index in [-0.39, 0.29) is 42.1 Å². The Labute approximate surface area is 186 Å². The maximum atomic E-state index is 12.8. The van der Waals surface area contributed by atoms with E-state index in [2.05, 4.69) is 36.2 Å². The van der Waals surface area contributed by atoms with E-state index < -0.39 is 9.84 Å². The van der Waals surface area contributed by atoms with Crippen LogP contribution in [0.25, 0.3) is 0 Å². The van der Waals surface area contributed by atoms with Crippen molar-refractivity contribution >= 4 is 21.6 Å². The van der Waals surface area contributed by atoms with Crippen LogP contribution in [0.4, 0.5) is 10.5 Å². The monoisotopic (exact) mass is 452 g/mol. The SMILES string of the molecule is CCOc1ccc(N2CC3CN(C(=O)NCCS(=O)(=O)CCN)CC2C(C)(C)C3)cc1. The van der Waals surface area contributed by atoms with E-state index in [1.807, 2.05) is 24.0 Å². The van der Waals surface area contributed by atoms with Crippen LogP contribution in [0.2, 0.25) is 0 Å². The number of anilines is 1. The molecular weight excluding hydrogens is 416 g/mol. The highest BCUT2D eigenvalue weighted by Gasteiger charge is 2.46. The lowest BCUT2D eigenvalue weighted by atomic mass is 9.73. The molecule has 3 N–H and O–H groups in total. The van der Waals surface area contributed by atoms with Gasteiger partial charge in [0.25, 0.3) is 0 Å². The van der Waals surface area contributed by atoms with Crippen molar-refractivity contribution in [1.82, 2.24) is 10.2 Å². The first-order valence-electron chi connectivity index (χ1n) is 11.1. The van der Waals surface area contributed by atoms with Gasteiger partial charge in [-0.3, -0.25) is 0 Å². The van der Waals surface area contributed by atoms with Gasteiger partial charge in [-0.2, -0.15) is 0 Å². The first kappa shape index (κ1) is 23.7. The van der Waals surface area contributed by atoms with Gasteiger partial charge >= 0.3 is 6.03 Å². The third kappa shape index (κ3) is 5.83. The predicted molar refractivity (Wildman–Crippen MR) is 123 cm³/mol. The molecule has 3 fully saturated rings. The maximum absolute atomic E-state index is 12.8. The Bertz CT molecular complexity index is 857. The number of piperidine rings is 1. The number of carbonyl (C=O) groups excluding carboxylic acids is 1. The Kier molecular flexibility index (Phi) is 7.36. The molecule has 9 heteroatoms. The molecule has 3 aliphatic rings. The first-order chi connectivity index (χ1) is 14.6.